The minimum Gasteiger partial charge on any atom is -0.490 e. The van der Waals surface area contributed by atoms with Gasteiger partial charge < -0.3 is 18.9 Å². The van der Waals surface area contributed by atoms with E-state index in [2.05, 4.69) is 25.1 Å². The maximum Gasteiger partial charge on any atom is 0.127 e. The molecule has 0 unspecified atom stereocenters. The quantitative estimate of drug-likeness (QED) is 0.295. The lowest BCUT2D eigenvalue weighted by molar-refractivity contribution is 0.216. The molecule has 0 aliphatic heterocycles. The summed E-state index contributed by atoms with van der Waals surface area (Å²) in [5.41, 5.74) is 1.17. The van der Waals surface area contributed by atoms with E-state index in [1.54, 1.807) is 0 Å². The average Bonchev–Trinajstić information content (AvgIpc) is 2.81. The van der Waals surface area contributed by atoms with Crippen molar-refractivity contribution in [1.82, 2.24) is 0 Å². The highest BCUT2D eigenvalue weighted by molar-refractivity contribution is 5.93. The van der Waals surface area contributed by atoms with E-state index in [4.69, 9.17) is 18.9 Å². The maximum atomic E-state index is 6.03. The summed E-state index contributed by atoms with van der Waals surface area (Å²) in [5.74, 6) is 3.32. The number of hydrogen-bond acceptors (Lipinski definition) is 4. The second-order valence-corrected chi connectivity index (χ2v) is 7.13. The molecule has 4 aromatic carbocycles. The molecule has 0 spiro atoms. The van der Waals surface area contributed by atoms with E-state index in [1.807, 2.05) is 72.8 Å². The Morgan fingerprint density at radius 1 is 0.484 bits per heavy atom. The fourth-order valence-electron chi connectivity index (χ4n) is 3.32. The van der Waals surface area contributed by atoms with Crippen molar-refractivity contribution in [3.8, 4) is 23.0 Å². The molecule has 0 atom stereocenters. The summed E-state index contributed by atoms with van der Waals surface area (Å²) in [6.45, 7) is 3.95. The number of benzene rings is 4. The van der Waals surface area contributed by atoms with Crippen molar-refractivity contribution in [2.45, 2.75) is 6.92 Å². The van der Waals surface area contributed by atoms with Gasteiger partial charge in [0.05, 0.1) is 0 Å². The van der Waals surface area contributed by atoms with Crippen LogP contribution in [0.5, 0.6) is 23.0 Å². The number of aryl methyl sites for hydroxylation is 1. The Morgan fingerprint density at radius 3 is 1.52 bits per heavy atom. The van der Waals surface area contributed by atoms with Gasteiger partial charge in [0.25, 0.3) is 0 Å². The van der Waals surface area contributed by atoms with E-state index >= 15 is 0 Å². The fraction of sp³-hybridized carbons (Fsp3) is 0.185. The molecule has 0 aliphatic carbocycles. The van der Waals surface area contributed by atoms with Crippen molar-refractivity contribution in [2.75, 3.05) is 26.4 Å². The number of rotatable bonds is 10. The second kappa shape index (κ2) is 10.4. The normalized spacial score (nSPS) is 10.6. The van der Waals surface area contributed by atoms with Gasteiger partial charge in [-0.2, -0.15) is 0 Å². The molecular formula is C27H26O4. The highest BCUT2D eigenvalue weighted by Gasteiger charge is 2.09. The minimum atomic E-state index is 0.461. The first-order valence-corrected chi connectivity index (χ1v) is 10.4. The van der Waals surface area contributed by atoms with Crippen LogP contribution >= 0.6 is 0 Å². The first-order valence-electron chi connectivity index (χ1n) is 10.4. The number of fused-ring (bicyclic) bond motifs is 1. The van der Waals surface area contributed by atoms with Crippen LogP contribution in [0.15, 0.2) is 91.0 Å². The zero-order valence-electron chi connectivity index (χ0n) is 17.6. The first-order chi connectivity index (χ1) is 15.3. The summed E-state index contributed by atoms with van der Waals surface area (Å²) < 4.78 is 23.5. The summed E-state index contributed by atoms with van der Waals surface area (Å²) in [6.07, 6.45) is 0. The Kier molecular flexibility index (Phi) is 6.91. The van der Waals surface area contributed by atoms with E-state index in [1.165, 1.54) is 5.56 Å². The van der Waals surface area contributed by atoms with Crippen LogP contribution in [0.2, 0.25) is 0 Å². The van der Waals surface area contributed by atoms with Crippen LogP contribution in [-0.4, -0.2) is 26.4 Å². The molecule has 0 fully saturated rings. The number of ether oxygens (including phenoxy) is 4. The van der Waals surface area contributed by atoms with Crippen LogP contribution in [0.3, 0.4) is 0 Å². The number of hydrogen-bond donors (Lipinski definition) is 0. The van der Waals surface area contributed by atoms with Crippen molar-refractivity contribution in [3.05, 3.63) is 96.6 Å². The van der Waals surface area contributed by atoms with E-state index < -0.39 is 0 Å². The van der Waals surface area contributed by atoms with Crippen molar-refractivity contribution in [1.29, 1.82) is 0 Å². The first kappa shape index (κ1) is 20.6. The highest BCUT2D eigenvalue weighted by atomic mass is 16.5. The molecule has 4 rings (SSSR count). The summed E-state index contributed by atoms with van der Waals surface area (Å²) in [7, 11) is 0. The molecule has 0 aromatic heterocycles. The van der Waals surface area contributed by atoms with Gasteiger partial charge in [-0.15, -0.1) is 0 Å². The van der Waals surface area contributed by atoms with Crippen molar-refractivity contribution < 1.29 is 18.9 Å². The molecule has 0 N–H and O–H groups in total. The molecule has 0 saturated heterocycles. The van der Waals surface area contributed by atoms with Crippen LogP contribution < -0.4 is 18.9 Å². The number of para-hydroxylation sites is 2. The van der Waals surface area contributed by atoms with Gasteiger partial charge in [0, 0.05) is 10.8 Å². The molecule has 0 amide bonds. The maximum absolute atomic E-state index is 6.03. The third kappa shape index (κ3) is 5.70. The van der Waals surface area contributed by atoms with E-state index in [0.29, 0.717) is 26.4 Å². The summed E-state index contributed by atoms with van der Waals surface area (Å²) in [6, 6.07) is 29.7. The molecule has 0 bridgehead atoms. The third-order valence-electron chi connectivity index (χ3n) is 4.80. The largest absolute Gasteiger partial charge is 0.490 e. The van der Waals surface area contributed by atoms with Crippen LogP contribution in [0.25, 0.3) is 10.8 Å². The van der Waals surface area contributed by atoms with Gasteiger partial charge >= 0.3 is 0 Å². The Bertz CT molecular complexity index is 1090. The van der Waals surface area contributed by atoms with Crippen LogP contribution in [0, 0.1) is 6.92 Å². The van der Waals surface area contributed by atoms with Gasteiger partial charge in [0.15, 0.2) is 0 Å². The fourth-order valence-corrected chi connectivity index (χ4v) is 3.32. The molecule has 0 saturated carbocycles. The smallest absolute Gasteiger partial charge is 0.127 e. The Hall–Kier alpha value is -3.66. The van der Waals surface area contributed by atoms with Crippen molar-refractivity contribution in [2.24, 2.45) is 0 Å². The minimum absolute atomic E-state index is 0.461. The van der Waals surface area contributed by atoms with E-state index in [-0.39, 0.29) is 0 Å². The molecule has 31 heavy (non-hydrogen) atoms. The molecule has 4 aromatic rings. The average molecular weight is 415 g/mol. The van der Waals surface area contributed by atoms with Crippen LogP contribution in [0.4, 0.5) is 0 Å². The van der Waals surface area contributed by atoms with Crippen molar-refractivity contribution in [3.63, 3.8) is 0 Å². The second-order valence-electron chi connectivity index (χ2n) is 7.13. The van der Waals surface area contributed by atoms with Crippen LogP contribution in [-0.2, 0) is 0 Å². The van der Waals surface area contributed by atoms with Crippen LogP contribution in [0.1, 0.15) is 5.56 Å². The van der Waals surface area contributed by atoms with Gasteiger partial charge in [0.2, 0.25) is 0 Å². The Labute approximate surface area is 183 Å². The Morgan fingerprint density at radius 2 is 0.968 bits per heavy atom. The lowest BCUT2D eigenvalue weighted by Gasteiger charge is -2.15. The molecule has 0 heterocycles. The SMILES string of the molecule is Cc1ccc2c(OCCOc3ccccc3)ccc(OCCOc3ccccc3)c2c1. The Balaban J connectivity index is 1.37. The predicted octanol–water partition coefficient (Wildman–Crippen LogP) is 6.06. The lowest BCUT2D eigenvalue weighted by atomic mass is 10.1. The monoisotopic (exact) mass is 414 g/mol. The molecule has 158 valence electrons. The predicted molar refractivity (Wildman–Crippen MR) is 124 cm³/mol. The molecule has 4 nitrogen and oxygen atoms in total. The molecular weight excluding hydrogens is 388 g/mol. The van der Waals surface area contributed by atoms with E-state index in [0.717, 1.165) is 33.8 Å². The van der Waals surface area contributed by atoms with Gasteiger partial charge in [-0.25, -0.2) is 0 Å². The third-order valence-corrected chi connectivity index (χ3v) is 4.80. The standard InChI is InChI=1S/C27H26O4/c1-21-12-13-24-25(20-21)27(31-19-17-29-23-10-6-3-7-11-23)15-14-26(24)30-18-16-28-22-8-4-2-5-9-22/h2-15,20H,16-19H2,1H3. The van der Waals surface area contributed by atoms with Gasteiger partial charge in [-0.05, 0) is 49.4 Å². The topological polar surface area (TPSA) is 36.9 Å². The molecule has 0 aliphatic rings. The highest BCUT2D eigenvalue weighted by Crippen LogP contribution is 2.34. The zero-order chi connectivity index (χ0) is 21.3. The summed E-state index contributed by atoms with van der Waals surface area (Å²) >= 11 is 0. The van der Waals surface area contributed by atoms with Crippen molar-refractivity contribution >= 4 is 10.8 Å². The molecule has 4 heteroatoms. The van der Waals surface area contributed by atoms with E-state index in [9.17, 15) is 0 Å². The van der Waals surface area contributed by atoms with Gasteiger partial charge in [-0.1, -0.05) is 54.1 Å². The lowest BCUT2D eigenvalue weighted by Crippen LogP contribution is -2.10. The van der Waals surface area contributed by atoms with Gasteiger partial charge in [-0.3, -0.25) is 0 Å². The zero-order valence-corrected chi connectivity index (χ0v) is 17.6. The van der Waals surface area contributed by atoms with Gasteiger partial charge in [0.1, 0.15) is 49.4 Å². The molecule has 0 radical (unpaired) electrons. The summed E-state index contributed by atoms with van der Waals surface area (Å²) in [4.78, 5) is 0. The summed E-state index contributed by atoms with van der Waals surface area (Å²) in [5, 5.41) is 2.05.